The fourth-order valence-electron chi connectivity index (χ4n) is 1.25. The SMILES string of the molecule is CC(CCNCc1ccn(C)n1)S(C)=O. The van der Waals surface area contributed by atoms with Crippen LogP contribution in [0.25, 0.3) is 0 Å². The number of hydrogen-bond donors (Lipinski definition) is 1. The van der Waals surface area contributed by atoms with E-state index in [4.69, 9.17) is 0 Å². The topological polar surface area (TPSA) is 46.9 Å². The summed E-state index contributed by atoms with van der Waals surface area (Å²) in [5, 5.41) is 7.81. The Kier molecular flexibility index (Phi) is 4.98. The predicted molar refractivity (Wildman–Crippen MR) is 63.1 cm³/mol. The Balaban J connectivity index is 2.14. The second kappa shape index (κ2) is 6.02. The molecule has 0 amide bonds. The minimum atomic E-state index is -0.714. The minimum absolute atomic E-state index is 0.265. The van der Waals surface area contributed by atoms with E-state index in [2.05, 4.69) is 10.4 Å². The largest absolute Gasteiger partial charge is 0.311 e. The molecule has 1 aromatic heterocycles. The molecular weight excluding hydrogens is 210 g/mol. The van der Waals surface area contributed by atoms with Crippen LogP contribution in [0.5, 0.6) is 0 Å². The van der Waals surface area contributed by atoms with Gasteiger partial charge in [0.25, 0.3) is 0 Å². The molecule has 0 saturated heterocycles. The van der Waals surface area contributed by atoms with Crippen molar-refractivity contribution in [2.45, 2.75) is 25.1 Å². The maximum atomic E-state index is 11.1. The molecule has 2 atom stereocenters. The third-order valence-corrected chi connectivity index (χ3v) is 3.74. The van der Waals surface area contributed by atoms with E-state index in [1.807, 2.05) is 26.2 Å². The second-order valence-corrected chi connectivity index (χ2v) is 5.56. The van der Waals surface area contributed by atoms with E-state index in [9.17, 15) is 4.21 Å². The van der Waals surface area contributed by atoms with E-state index in [1.165, 1.54) is 0 Å². The van der Waals surface area contributed by atoms with Crippen LogP contribution in [0.3, 0.4) is 0 Å². The lowest BCUT2D eigenvalue weighted by atomic mass is 10.3. The smallest absolute Gasteiger partial charge is 0.0762 e. The van der Waals surface area contributed by atoms with E-state index < -0.39 is 10.8 Å². The van der Waals surface area contributed by atoms with Crippen molar-refractivity contribution >= 4 is 10.8 Å². The molecule has 1 heterocycles. The van der Waals surface area contributed by atoms with Crippen molar-refractivity contribution in [1.82, 2.24) is 15.1 Å². The molecular formula is C10H19N3OS. The molecule has 4 nitrogen and oxygen atoms in total. The minimum Gasteiger partial charge on any atom is -0.311 e. The quantitative estimate of drug-likeness (QED) is 0.729. The first-order valence-electron chi connectivity index (χ1n) is 5.11. The molecule has 2 unspecified atom stereocenters. The summed E-state index contributed by atoms with van der Waals surface area (Å²) in [7, 11) is 1.19. The van der Waals surface area contributed by atoms with Crippen LogP contribution in [-0.2, 0) is 24.4 Å². The van der Waals surface area contributed by atoms with E-state index >= 15 is 0 Å². The van der Waals surface area contributed by atoms with Crippen LogP contribution < -0.4 is 5.32 Å². The molecule has 0 spiro atoms. The van der Waals surface area contributed by atoms with E-state index in [1.54, 1.807) is 10.9 Å². The highest BCUT2D eigenvalue weighted by atomic mass is 32.2. The van der Waals surface area contributed by atoms with Crippen molar-refractivity contribution in [3.63, 3.8) is 0 Å². The monoisotopic (exact) mass is 229 g/mol. The van der Waals surface area contributed by atoms with Crippen molar-refractivity contribution < 1.29 is 4.21 Å². The summed E-state index contributed by atoms with van der Waals surface area (Å²) in [4.78, 5) is 0. The Labute approximate surface area is 93.5 Å². The van der Waals surface area contributed by atoms with Gasteiger partial charge in [-0.25, -0.2) is 0 Å². The van der Waals surface area contributed by atoms with E-state index in [-0.39, 0.29) is 5.25 Å². The molecule has 1 N–H and O–H groups in total. The van der Waals surface area contributed by atoms with Crippen molar-refractivity contribution in [3.8, 4) is 0 Å². The summed E-state index contributed by atoms with van der Waals surface area (Å²) in [6.07, 6.45) is 4.63. The number of nitrogens with zero attached hydrogens (tertiary/aromatic N) is 2. The molecule has 0 saturated carbocycles. The molecule has 0 radical (unpaired) electrons. The zero-order chi connectivity index (χ0) is 11.3. The van der Waals surface area contributed by atoms with Crippen LogP contribution in [0.4, 0.5) is 0 Å². The summed E-state index contributed by atoms with van der Waals surface area (Å²) in [6, 6.07) is 1.99. The fourth-order valence-corrected chi connectivity index (χ4v) is 1.69. The Hall–Kier alpha value is -0.680. The van der Waals surface area contributed by atoms with Crippen molar-refractivity contribution in [2.75, 3.05) is 12.8 Å². The maximum absolute atomic E-state index is 11.1. The number of rotatable bonds is 6. The highest BCUT2D eigenvalue weighted by molar-refractivity contribution is 7.84. The Morgan fingerprint density at radius 2 is 2.40 bits per heavy atom. The summed E-state index contributed by atoms with van der Waals surface area (Å²) in [5.74, 6) is 0. The maximum Gasteiger partial charge on any atom is 0.0762 e. The van der Waals surface area contributed by atoms with Gasteiger partial charge in [0.15, 0.2) is 0 Å². The second-order valence-electron chi connectivity index (χ2n) is 3.76. The summed E-state index contributed by atoms with van der Waals surface area (Å²) < 4.78 is 12.9. The van der Waals surface area contributed by atoms with Gasteiger partial charge in [-0.2, -0.15) is 5.10 Å². The summed E-state index contributed by atoms with van der Waals surface area (Å²) in [6.45, 7) is 3.68. The predicted octanol–water partition coefficient (Wildman–Crippen LogP) is 0.667. The third-order valence-electron chi connectivity index (χ3n) is 2.37. The van der Waals surface area contributed by atoms with Gasteiger partial charge in [-0.3, -0.25) is 8.89 Å². The van der Waals surface area contributed by atoms with Crippen molar-refractivity contribution in [3.05, 3.63) is 18.0 Å². The van der Waals surface area contributed by atoms with Crippen LogP contribution in [0.1, 0.15) is 19.0 Å². The molecule has 0 aliphatic carbocycles. The van der Waals surface area contributed by atoms with Crippen LogP contribution >= 0.6 is 0 Å². The standard InChI is InChI=1S/C10H19N3OS/c1-9(15(3)14)4-6-11-8-10-5-7-13(2)12-10/h5,7,9,11H,4,6,8H2,1-3H3. The lowest BCUT2D eigenvalue weighted by molar-refractivity contribution is 0.616. The molecule has 0 aliphatic rings. The molecule has 0 fully saturated rings. The van der Waals surface area contributed by atoms with Gasteiger partial charge in [0, 0.05) is 42.1 Å². The van der Waals surface area contributed by atoms with Crippen molar-refractivity contribution in [1.29, 1.82) is 0 Å². The highest BCUT2D eigenvalue weighted by Gasteiger charge is 2.05. The van der Waals surface area contributed by atoms with Crippen LogP contribution in [0.15, 0.2) is 12.3 Å². The first-order valence-corrected chi connectivity index (χ1v) is 6.73. The number of aromatic nitrogens is 2. The molecule has 15 heavy (non-hydrogen) atoms. The van der Waals surface area contributed by atoms with Gasteiger partial charge in [0.1, 0.15) is 0 Å². The highest BCUT2D eigenvalue weighted by Crippen LogP contribution is 1.98. The molecule has 1 rings (SSSR count). The molecule has 86 valence electrons. The van der Waals surface area contributed by atoms with Gasteiger partial charge in [-0.15, -0.1) is 0 Å². The molecule has 0 aliphatic heterocycles. The summed E-state index contributed by atoms with van der Waals surface area (Å²) in [5.41, 5.74) is 1.04. The lowest BCUT2D eigenvalue weighted by Crippen LogP contribution is -2.21. The fraction of sp³-hybridized carbons (Fsp3) is 0.700. The van der Waals surface area contributed by atoms with Gasteiger partial charge in [0.05, 0.1) is 5.69 Å². The Morgan fingerprint density at radius 3 is 2.93 bits per heavy atom. The number of hydrogen-bond acceptors (Lipinski definition) is 3. The van der Waals surface area contributed by atoms with Gasteiger partial charge in [0.2, 0.25) is 0 Å². The zero-order valence-electron chi connectivity index (χ0n) is 9.56. The first-order chi connectivity index (χ1) is 7.09. The Bertz CT molecular complexity index is 324. The van der Waals surface area contributed by atoms with Gasteiger partial charge in [-0.1, -0.05) is 6.92 Å². The molecule has 1 aromatic rings. The van der Waals surface area contributed by atoms with Gasteiger partial charge in [-0.05, 0) is 19.0 Å². The number of nitrogens with one attached hydrogen (secondary N) is 1. The molecule has 0 aromatic carbocycles. The lowest BCUT2D eigenvalue weighted by Gasteiger charge is -2.08. The normalized spacial score (nSPS) is 15.1. The Morgan fingerprint density at radius 1 is 1.67 bits per heavy atom. The van der Waals surface area contributed by atoms with E-state index in [0.717, 1.165) is 25.2 Å². The number of aryl methyl sites for hydroxylation is 1. The third kappa shape index (κ3) is 4.57. The first kappa shape index (κ1) is 12.4. The zero-order valence-corrected chi connectivity index (χ0v) is 10.4. The van der Waals surface area contributed by atoms with Crippen LogP contribution in [0.2, 0.25) is 0 Å². The summed E-state index contributed by atoms with van der Waals surface area (Å²) >= 11 is 0. The van der Waals surface area contributed by atoms with Gasteiger partial charge < -0.3 is 5.32 Å². The average molecular weight is 229 g/mol. The van der Waals surface area contributed by atoms with Gasteiger partial charge >= 0.3 is 0 Å². The average Bonchev–Trinajstić information content (AvgIpc) is 2.58. The molecule has 0 bridgehead atoms. The van der Waals surface area contributed by atoms with Crippen molar-refractivity contribution in [2.24, 2.45) is 7.05 Å². The van der Waals surface area contributed by atoms with Crippen LogP contribution in [-0.4, -0.2) is 32.0 Å². The van der Waals surface area contributed by atoms with Crippen LogP contribution in [0, 0.1) is 0 Å². The van der Waals surface area contributed by atoms with E-state index in [0.29, 0.717) is 0 Å². The molecule has 5 heteroatoms.